The normalized spacial score (nSPS) is 13.3. The van der Waals surface area contributed by atoms with Crippen molar-refractivity contribution >= 4 is 17.4 Å². The largest absolute Gasteiger partial charge is 0.372 e. The second-order valence-corrected chi connectivity index (χ2v) is 4.96. The third-order valence-electron chi connectivity index (χ3n) is 3.24. The van der Waals surface area contributed by atoms with Crippen LogP contribution in [0.5, 0.6) is 0 Å². The van der Waals surface area contributed by atoms with Gasteiger partial charge in [-0.3, -0.25) is 4.79 Å². The Labute approximate surface area is 118 Å². The number of hydrogen-bond donors (Lipinski definition) is 0. The highest BCUT2D eigenvalue weighted by molar-refractivity contribution is 6.35. The van der Waals surface area contributed by atoms with Crippen LogP contribution in [0.1, 0.15) is 27.0 Å². The van der Waals surface area contributed by atoms with Crippen LogP contribution in [0.4, 0.5) is 8.78 Å². The van der Waals surface area contributed by atoms with Gasteiger partial charge < -0.3 is 4.74 Å². The minimum absolute atomic E-state index is 0.0515. The van der Waals surface area contributed by atoms with E-state index in [2.05, 4.69) is 0 Å². The van der Waals surface area contributed by atoms with Crippen molar-refractivity contribution in [2.45, 2.75) is 13.2 Å². The zero-order valence-corrected chi connectivity index (χ0v) is 11.0. The lowest BCUT2D eigenvalue weighted by atomic mass is 9.99. The maximum Gasteiger partial charge on any atom is 0.194 e. The molecule has 102 valence electrons. The number of rotatable bonds is 2. The molecule has 5 heteroatoms. The Morgan fingerprint density at radius 1 is 1.05 bits per heavy atom. The molecule has 3 rings (SSSR count). The van der Waals surface area contributed by atoms with Crippen molar-refractivity contribution in [2.24, 2.45) is 0 Å². The van der Waals surface area contributed by atoms with Gasteiger partial charge in [-0.15, -0.1) is 0 Å². The molecule has 0 aliphatic carbocycles. The van der Waals surface area contributed by atoms with Crippen molar-refractivity contribution in [1.82, 2.24) is 0 Å². The van der Waals surface area contributed by atoms with E-state index in [4.69, 9.17) is 16.3 Å². The molecule has 0 saturated heterocycles. The van der Waals surface area contributed by atoms with Crippen LogP contribution in [0.15, 0.2) is 30.3 Å². The van der Waals surface area contributed by atoms with E-state index in [1.807, 2.05) is 0 Å². The number of carbonyl (C=O) groups excluding carboxylic acids is 1. The third kappa shape index (κ3) is 2.21. The van der Waals surface area contributed by atoms with Crippen molar-refractivity contribution in [3.05, 3.63) is 69.2 Å². The molecule has 1 aliphatic heterocycles. The number of ether oxygens (including phenoxy) is 1. The number of halogens is 3. The van der Waals surface area contributed by atoms with Crippen molar-refractivity contribution in [3.63, 3.8) is 0 Å². The van der Waals surface area contributed by atoms with Gasteiger partial charge in [-0.1, -0.05) is 23.7 Å². The smallest absolute Gasteiger partial charge is 0.194 e. The van der Waals surface area contributed by atoms with Gasteiger partial charge in [-0.05, 0) is 29.3 Å². The SMILES string of the molecule is O=C(c1ccc2c(c1)COC2)c1cc(F)c(F)cc1Cl. The molecule has 1 heterocycles. The Kier molecular flexibility index (Phi) is 3.28. The van der Waals surface area contributed by atoms with Gasteiger partial charge in [0.1, 0.15) is 0 Å². The predicted octanol–water partition coefficient (Wildman–Crippen LogP) is 3.88. The molecule has 0 atom stereocenters. The summed E-state index contributed by atoms with van der Waals surface area (Å²) < 4.78 is 31.5. The van der Waals surface area contributed by atoms with Gasteiger partial charge in [0, 0.05) is 11.1 Å². The van der Waals surface area contributed by atoms with Crippen molar-refractivity contribution in [2.75, 3.05) is 0 Å². The fourth-order valence-electron chi connectivity index (χ4n) is 2.17. The fourth-order valence-corrected chi connectivity index (χ4v) is 2.40. The Bertz CT molecular complexity index is 713. The summed E-state index contributed by atoms with van der Waals surface area (Å²) in [6, 6.07) is 6.75. The summed E-state index contributed by atoms with van der Waals surface area (Å²) in [7, 11) is 0. The highest BCUT2D eigenvalue weighted by Crippen LogP contribution is 2.26. The second kappa shape index (κ2) is 4.96. The van der Waals surface area contributed by atoms with Crippen LogP contribution < -0.4 is 0 Å². The van der Waals surface area contributed by atoms with E-state index in [1.54, 1.807) is 18.2 Å². The molecule has 2 aromatic carbocycles. The summed E-state index contributed by atoms with van der Waals surface area (Å²) in [5.74, 6) is -2.61. The first-order valence-electron chi connectivity index (χ1n) is 5.95. The molecule has 0 unspecified atom stereocenters. The molecule has 2 aromatic rings. The van der Waals surface area contributed by atoms with Gasteiger partial charge in [-0.2, -0.15) is 0 Å². The molecule has 0 amide bonds. The summed E-state index contributed by atoms with van der Waals surface area (Å²) >= 11 is 5.81. The molecule has 2 nitrogen and oxygen atoms in total. The standard InChI is InChI=1S/C15H9ClF2O2/c16-12-5-14(18)13(17)4-11(12)15(19)8-1-2-9-6-20-7-10(9)3-8/h1-5H,6-7H2. The zero-order chi connectivity index (χ0) is 14.3. The first kappa shape index (κ1) is 13.2. The maximum absolute atomic E-state index is 13.2. The summed E-state index contributed by atoms with van der Waals surface area (Å²) in [6.07, 6.45) is 0. The lowest BCUT2D eigenvalue weighted by Gasteiger charge is -2.06. The van der Waals surface area contributed by atoms with E-state index in [0.29, 0.717) is 18.8 Å². The van der Waals surface area contributed by atoms with E-state index < -0.39 is 17.4 Å². The van der Waals surface area contributed by atoms with Crippen LogP contribution in [0.25, 0.3) is 0 Å². The number of benzene rings is 2. The molecule has 0 aromatic heterocycles. The van der Waals surface area contributed by atoms with Crippen LogP contribution in [0, 0.1) is 11.6 Å². The molecular weight excluding hydrogens is 286 g/mol. The molecule has 0 saturated carbocycles. The first-order valence-corrected chi connectivity index (χ1v) is 6.33. The lowest BCUT2D eigenvalue weighted by molar-refractivity contribution is 0.103. The maximum atomic E-state index is 13.2. The predicted molar refractivity (Wildman–Crippen MR) is 69.7 cm³/mol. The van der Waals surface area contributed by atoms with Gasteiger partial charge in [0.15, 0.2) is 17.4 Å². The minimum Gasteiger partial charge on any atom is -0.372 e. The number of ketones is 1. The van der Waals surface area contributed by atoms with Gasteiger partial charge in [0.05, 0.1) is 18.2 Å². The highest BCUT2D eigenvalue weighted by Gasteiger charge is 2.19. The molecule has 0 spiro atoms. The summed E-state index contributed by atoms with van der Waals surface area (Å²) in [6.45, 7) is 0.970. The number of carbonyl (C=O) groups is 1. The van der Waals surface area contributed by atoms with Crippen molar-refractivity contribution < 1.29 is 18.3 Å². The third-order valence-corrected chi connectivity index (χ3v) is 3.55. The molecule has 1 aliphatic rings. The highest BCUT2D eigenvalue weighted by atomic mass is 35.5. The minimum atomic E-state index is -1.10. The van der Waals surface area contributed by atoms with E-state index >= 15 is 0 Å². The van der Waals surface area contributed by atoms with E-state index in [1.165, 1.54) is 0 Å². The van der Waals surface area contributed by atoms with Crippen LogP contribution >= 0.6 is 11.6 Å². The van der Waals surface area contributed by atoms with Gasteiger partial charge in [0.2, 0.25) is 0 Å². The van der Waals surface area contributed by atoms with Gasteiger partial charge >= 0.3 is 0 Å². The quantitative estimate of drug-likeness (QED) is 0.620. The Balaban J connectivity index is 2.03. The topological polar surface area (TPSA) is 26.3 Å². The van der Waals surface area contributed by atoms with E-state index in [-0.39, 0.29) is 10.6 Å². The molecule has 0 radical (unpaired) electrons. The Morgan fingerprint density at radius 2 is 1.75 bits per heavy atom. The van der Waals surface area contributed by atoms with Crippen LogP contribution in [-0.4, -0.2) is 5.78 Å². The summed E-state index contributed by atoms with van der Waals surface area (Å²) in [5.41, 5.74) is 2.28. The van der Waals surface area contributed by atoms with E-state index in [9.17, 15) is 13.6 Å². The average molecular weight is 295 g/mol. The second-order valence-electron chi connectivity index (χ2n) is 4.55. The Morgan fingerprint density at radius 3 is 2.55 bits per heavy atom. The summed E-state index contributed by atoms with van der Waals surface area (Å²) in [5, 5.41) is -0.106. The van der Waals surface area contributed by atoms with Gasteiger partial charge in [0.25, 0.3) is 0 Å². The fraction of sp³-hybridized carbons (Fsp3) is 0.133. The molecule has 0 fully saturated rings. The number of hydrogen-bond acceptors (Lipinski definition) is 2. The Hall–Kier alpha value is -1.78. The average Bonchev–Trinajstić information content (AvgIpc) is 2.89. The van der Waals surface area contributed by atoms with Crippen LogP contribution in [-0.2, 0) is 18.0 Å². The van der Waals surface area contributed by atoms with Gasteiger partial charge in [-0.25, -0.2) is 8.78 Å². The van der Waals surface area contributed by atoms with E-state index in [0.717, 1.165) is 23.3 Å². The molecule has 0 bridgehead atoms. The lowest BCUT2D eigenvalue weighted by Crippen LogP contribution is -2.05. The van der Waals surface area contributed by atoms with Crippen LogP contribution in [0.3, 0.4) is 0 Å². The summed E-state index contributed by atoms with van der Waals surface area (Å²) in [4.78, 5) is 12.3. The van der Waals surface area contributed by atoms with Crippen molar-refractivity contribution in [3.8, 4) is 0 Å². The molecule has 0 N–H and O–H groups in total. The van der Waals surface area contributed by atoms with Crippen LogP contribution in [0.2, 0.25) is 5.02 Å². The molecular formula is C15H9ClF2O2. The monoisotopic (exact) mass is 294 g/mol. The first-order chi connectivity index (χ1) is 9.56. The number of fused-ring (bicyclic) bond motifs is 1. The molecule has 20 heavy (non-hydrogen) atoms. The zero-order valence-electron chi connectivity index (χ0n) is 10.3. The van der Waals surface area contributed by atoms with Crippen molar-refractivity contribution in [1.29, 1.82) is 0 Å².